The zero-order valence-corrected chi connectivity index (χ0v) is 13.3. The first-order valence-corrected chi connectivity index (χ1v) is 7.95. The summed E-state index contributed by atoms with van der Waals surface area (Å²) in [6.45, 7) is 0. The van der Waals surface area contributed by atoms with Crippen LogP contribution in [0, 0.1) is 11.7 Å². The van der Waals surface area contributed by atoms with Crippen molar-refractivity contribution < 1.29 is 4.39 Å². The summed E-state index contributed by atoms with van der Waals surface area (Å²) in [4.78, 5) is 0.0659. The highest BCUT2D eigenvalue weighted by Crippen LogP contribution is 2.39. The van der Waals surface area contributed by atoms with E-state index in [0.717, 1.165) is 12.3 Å². The predicted octanol–water partition coefficient (Wildman–Crippen LogP) is 6.26. The molecular formula is C13H14Br2ClF. The van der Waals surface area contributed by atoms with E-state index < -0.39 is 0 Å². The molecule has 0 heterocycles. The third-order valence-electron chi connectivity index (χ3n) is 3.39. The van der Waals surface area contributed by atoms with Gasteiger partial charge in [0, 0.05) is 14.9 Å². The van der Waals surface area contributed by atoms with Crippen molar-refractivity contribution in [3.63, 3.8) is 0 Å². The minimum Gasteiger partial charge on any atom is -0.207 e. The van der Waals surface area contributed by atoms with Gasteiger partial charge in [-0.1, -0.05) is 53.2 Å². The number of benzene rings is 1. The van der Waals surface area contributed by atoms with Gasteiger partial charge in [-0.15, -0.1) is 0 Å². The van der Waals surface area contributed by atoms with Crippen molar-refractivity contribution in [2.75, 3.05) is 0 Å². The van der Waals surface area contributed by atoms with Crippen molar-refractivity contribution in [2.45, 2.75) is 36.9 Å². The minimum atomic E-state index is -0.193. The van der Waals surface area contributed by atoms with E-state index >= 15 is 0 Å². The van der Waals surface area contributed by atoms with Gasteiger partial charge in [-0.25, -0.2) is 4.39 Å². The molecule has 1 aliphatic carbocycles. The Balaban J connectivity index is 2.12. The minimum absolute atomic E-state index is 0.0659. The number of hydrogen-bond donors (Lipinski definition) is 0. The second-order valence-corrected chi connectivity index (χ2v) is 7.01. The molecule has 1 unspecified atom stereocenters. The number of hydrogen-bond acceptors (Lipinski definition) is 0. The molecule has 17 heavy (non-hydrogen) atoms. The Hall–Kier alpha value is 0.400. The molecule has 1 aromatic carbocycles. The molecule has 1 fully saturated rings. The lowest BCUT2D eigenvalue weighted by atomic mass is 9.98. The summed E-state index contributed by atoms with van der Waals surface area (Å²) in [5, 5.41) is 0.567. The number of rotatable bonds is 3. The molecule has 0 saturated heterocycles. The fourth-order valence-electron chi connectivity index (χ4n) is 2.44. The first kappa shape index (κ1) is 13.8. The van der Waals surface area contributed by atoms with Crippen molar-refractivity contribution in [3.8, 4) is 0 Å². The fourth-order valence-corrected chi connectivity index (χ4v) is 3.81. The first-order chi connectivity index (χ1) is 8.08. The van der Waals surface area contributed by atoms with Crippen LogP contribution in [0.2, 0.25) is 5.02 Å². The number of alkyl halides is 1. The van der Waals surface area contributed by atoms with Crippen molar-refractivity contribution in [3.05, 3.63) is 33.0 Å². The van der Waals surface area contributed by atoms with Gasteiger partial charge in [0.2, 0.25) is 0 Å². The molecule has 1 aliphatic rings. The van der Waals surface area contributed by atoms with Crippen LogP contribution < -0.4 is 0 Å². The van der Waals surface area contributed by atoms with E-state index in [1.165, 1.54) is 31.7 Å². The van der Waals surface area contributed by atoms with Gasteiger partial charge in [-0.05, 0) is 40.4 Å². The van der Waals surface area contributed by atoms with Gasteiger partial charge in [0.05, 0.1) is 5.02 Å². The fraction of sp³-hybridized carbons (Fsp3) is 0.538. The average molecular weight is 385 g/mol. The molecular weight excluding hydrogens is 370 g/mol. The van der Waals surface area contributed by atoms with Crippen LogP contribution in [0.1, 0.15) is 42.5 Å². The molecule has 0 aliphatic heterocycles. The molecule has 0 bridgehead atoms. The predicted molar refractivity (Wildman–Crippen MR) is 77.4 cm³/mol. The summed E-state index contributed by atoms with van der Waals surface area (Å²) in [5.74, 6) is 0.530. The highest BCUT2D eigenvalue weighted by Gasteiger charge is 2.22. The van der Waals surface area contributed by atoms with E-state index in [1.54, 1.807) is 6.07 Å². The lowest BCUT2D eigenvalue weighted by Crippen LogP contribution is -2.01. The Kier molecular flexibility index (Phi) is 4.90. The third kappa shape index (κ3) is 3.45. The quantitative estimate of drug-likeness (QED) is 0.426. The van der Waals surface area contributed by atoms with Crippen LogP contribution in [0.4, 0.5) is 4.39 Å². The zero-order valence-electron chi connectivity index (χ0n) is 9.36. The van der Waals surface area contributed by atoms with E-state index in [4.69, 9.17) is 11.6 Å². The maximum absolute atomic E-state index is 13.8. The molecule has 0 nitrogen and oxygen atoms in total. The SMILES string of the molecule is Fc1cc(Br)c(Cl)cc1C(Br)CC1CCCC1. The normalized spacial score (nSPS) is 18.6. The largest absolute Gasteiger partial charge is 0.207 e. The molecule has 0 aromatic heterocycles. The maximum Gasteiger partial charge on any atom is 0.128 e. The number of halogens is 4. The molecule has 0 amide bonds. The van der Waals surface area contributed by atoms with Crippen molar-refractivity contribution >= 4 is 43.5 Å². The standard InChI is InChI=1S/C13H14Br2ClF/c14-10(5-8-3-1-2-4-8)9-6-12(16)11(15)7-13(9)17/h6-8,10H,1-5H2. The van der Waals surface area contributed by atoms with E-state index in [-0.39, 0.29) is 10.6 Å². The Bertz CT molecular complexity index is 403. The van der Waals surface area contributed by atoms with Crippen molar-refractivity contribution in [2.24, 2.45) is 5.92 Å². The van der Waals surface area contributed by atoms with E-state index in [0.29, 0.717) is 15.1 Å². The molecule has 0 spiro atoms. The van der Waals surface area contributed by atoms with Gasteiger partial charge in [-0.3, -0.25) is 0 Å². The molecule has 0 radical (unpaired) electrons. The van der Waals surface area contributed by atoms with Crippen LogP contribution in [-0.2, 0) is 0 Å². The van der Waals surface area contributed by atoms with Crippen molar-refractivity contribution in [1.82, 2.24) is 0 Å². The summed E-state index contributed by atoms with van der Waals surface area (Å²) in [5.41, 5.74) is 0.671. The molecule has 1 saturated carbocycles. The van der Waals surface area contributed by atoms with E-state index in [9.17, 15) is 4.39 Å². The maximum atomic E-state index is 13.8. The molecule has 2 rings (SSSR count). The molecule has 1 aromatic rings. The van der Waals surface area contributed by atoms with Crippen molar-refractivity contribution in [1.29, 1.82) is 0 Å². The van der Waals surface area contributed by atoms with Crippen LogP contribution in [0.3, 0.4) is 0 Å². The molecule has 94 valence electrons. The third-order valence-corrected chi connectivity index (χ3v) is 5.46. The summed E-state index contributed by atoms with van der Waals surface area (Å²) in [6, 6.07) is 3.16. The first-order valence-electron chi connectivity index (χ1n) is 5.86. The second-order valence-electron chi connectivity index (χ2n) is 4.64. The van der Waals surface area contributed by atoms with Gasteiger partial charge >= 0.3 is 0 Å². The monoisotopic (exact) mass is 382 g/mol. The topological polar surface area (TPSA) is 0 Å². The Morgan fingerprint density at radius 2 is 2.00 bits per heavy atom. The van der Waals surface area contributed by atoms with Gasteiger partial charge in [0.15, 0.2) is 0 Å². The van der Waals surface area contributed by atoms with Crippen LogP contribution in [0.25, 0.3) is 0 Å². The summed E-state index contributed by atoms with van der Waals surface area (Å²) < 4.78 is 14.4. The molecule has 1 atom stereocenters. The summed E-state index contributed by atoms with van der Waals surface area (Å²) in [6.07, 6.45) is 6.17. The zero-order chi connectivity index (χ0) is 12.4. The van der Waals surface area contributed by atoms with Crippen LogP contribution in [-0.4, -0.2) is 0 Å². The van der Waals surface area contributed by atoms with Crippen LogP contribution in [0.5, 0.6) is 0 Å². The highest BCUT2D eigenvalue weighted by atomic mass is 79.9. The Morgan fingerprint density at radius 3 is 2.65 bits per heavy atom. The highest BCUT2D eigenvalue weighted by molar-refractivity contribution is 9.10. The van der Waals surface area contributed by atoms with Gasteiger partial charge in [0.1, 0.15) is 5.82 Å². The van der Waals surface area contributed by atoms with Gasteiger partial charge in [0.25, 0.3) is 0 Å². The lowest BCUT2D eigenvalue weighted by molar-refractivity contribution is 0.492. The second kappa shape index (κ2) is 6.03. The van der Waals surface area contributed by atoms with E-state index in [2.05, 4.69) is 31.9 Å². The average Bonchev–Trinajstić information content (AvgIpc) is 2.76. The Morgan fingerprint density at radius 1 is 1.35 bits per heavy atom. The summed E-state index contributed by atoms with van der Waals surface area (Å²) >= 11 is 12.8. The summed E-state index contributed by atoms with van der Waals surface area (Å²) in [7, 11) is 0. The van der Waals surface area contributed by atoms with Gasteiger partial charge < -0.3 is 0 Å². The lowest BCUT2D eigenvalue weighted by Gasteiger charge is -2.16. The smallest absolute Gasteiger partial charge is 0.128 e. The molecule has 0 N–H and O–H groups in total. The molecule has 4 heteroatoms. The van der Waals surface area contributed by atoms with Crippen LogP contribution >= 0.6 is 43.5 Å². The van der Waals surface area contributed by atoms with Crippen LogP contribution in [0.15, 0.2) is 16.6 Å². The Labute approximate surface area is 123 Å². The van der Waals surface area contributed by atoms with E-state index in [1.807, 2.05) is 0 Å². The van der Waals surface area contributed by atoms with Gasteiger partial charge in [-0.2, -0.15) is 0 Å².